The van der Waals surface area contributed by atoms with Crippen LogP contribution < -0.4 is 5.73 Å². The second kappa shape index (κ2) is 6.88. The zero-order valence-electron chi connectivity index (χ0n) is 10.2. The van der Waals surface area contributed by atoms with Crippen LogP contribution in [0.15, 0.2) is 34.9 Å². The Morgan fingerprint density at radius 1 is 1.17 bits per heavy atom. The summed E-state index contributed by atoms with van der Waals surface area (Å²) in [7, 11) is 0. The third-order valence-electron chi connectivity index (χ3n) is 2.48. The van der Waals surface area contributed by atoms with Gasteiger partial charge >= 0.3 is 0 Å². The van der Waals surface area contributed by atoms with E-state index in [1.165, 1.54) is 5.56 Å². The van der Waals surface area contributed by atoms with Gasteiger partial charge in [0.05, 0.1) is 6.61 Å². The summed E-state index contributed by atoms with van der Waals surface area (Å²) >= 11 is 0. The molecule has 0 aliphatic carbocycles. The fourth-order valence-electron chi connectivity index (χ4n) is 1.59. The third-order valence-corrected chi connectivity index (χ3v) is 2.48. The lowest BCUT2D eigenvalue weighted by atomic mass is 10.1. The minimum absolute atomic E-state index is 0.329. The Morgan fingerprint density at radius 2 is 2.00 bits per heavy atom. The highest BCUT2D eigenvalue weighted by Gasteiger charge is 2.06. The summed E-state index contributed by atoms with van der Waals surface area (Å²) in [6.07, 6.45) is 1.67. The molecule has 18 heavy (non-hydrogen) atoms. The van der Waals surface area contributed by atoms with Crippen LogP contribution in [-0.2, 0) is 24.2 Å². The van der Waals surface area contributed by atoms with Crippen molar-refractivity contribution in [2.24, 2.45) is 5.73 Å². The number of rotatable bonds is 7. The summed E-state index contributed by atoms with van der Waals surface area (Å²) in [6.45, 7) is 1.33. The minimum Gasteiger partial charge on any atom is -0.370 e. The topological polar surface area (TPSA) is 74.2 Å². The molecule has 0 unspecified atom stereocenters. The first kappa shape index (κ1) is 12.7. The van der Waals surface area contributed by atoms with E-state index in [4.69, 9.17) is 15.0 Å². The van der Waals surface area contributed by atoms with Crippen molar-refractivity contribution in [1.29, 1.82) is 0 Å². The van der Waals surface area contributed by atoms with E-state index in [-0.39, 0.29) is 0 Å². The van der Waals surface area contributed by atoms with E-state index in [0.29, 0.717) is 31.5 Å². The van der Waals surface area contributed by atoms with Crippen LogP contribution in [0.25, 0.3) is 0 Å². The molecule has 0 amide bonds. The molecule has 96 valence electrons. The predicted octanol–water partition coefficient (Wildman–Crippen LogP) is 1.33. The quantitative estimate of drug-likeness (QED) is 0.747. The first-order chi connectivity index (χ1) is 8.88. The largest absolute Gasteiger partial charge is 0.370 e. The zero-order valence-corrected chi connectivity index (χ0v) is 10.2. The van der Waals surface area contributed by atoms with Gasteiger partial charge in [-0.25, -0.2) is 0 Å². The molecule has 1 aromatic heterocycles. The van der Waals surface area contributed by atoms with Gasteiger partial charge in [0.15, 0.2) is 5.82 Å². The Hall–Kier alpha value is -1.72. The minimum atomic E-state index is 0.329. The fourth-order valence-corrected chi connectivity index (χ4v) is 1.59. The van der Waals surface area contributed by atoms with Crippen LogP contribution in [0.3, 0.4) is 0 Å². The van der Waals surface area contributed by atoms with Gasteiger partial charge in [-0.1, -0.05) is 35.5 Å². The normalized spacial score (nSPS) is 10.7. The summed E-state index contributed by atoms with van der Waals surface area (Å²) in [5, 5.41) is 3.91. The van der Waals surface area contributed by atoms with Crippen molar-refractivity contribution in [3.63, 3.8) is 0 Å². The first-order valence-corrected chi connectivity index (χ1v) is 6.01. The van der Waals surface area contributed by atoms with Gasteiger partial charge in [-0.2, -0.15) is 4.98 Å². The Kier molecular flexibility index (Phi) is 4.87. The molecule has 0 bridgehead atoms. The molecule has 0 spiro atoms. The van der Waals surface area contributed by atoms with Crippen LogP contribution in [-0.4, -0.2) is 23.3 Å². The van der Waals surface area contributed by atoms with Crippen LogP contribution >= 0.6 is 0 Å². The van der Waals surface area contributed by atoms with E-state index in [2.05, 4.69) is 22.3 Å². The summed E-state index contributed by atoms with van der Waals surface area (Å²) in [6, 6.07) is 10.2. The van der Waals surface area contributed by atoms with Gasteiger partial charge in [-0.3, -0.25) is 0 Å². The standard InChI is InChI=1S/C13H17N3O2/c14-8-9-17-10-13-15-12(16-18-13)7-6-11-4-2-1-3-5-11/h1-5H,6-10,14H2. The molecule has 5 nitrogen and oxygen atoms in total. The maximum absolute atomic E-state index is 5.32. The maximum atomic E-state index is 5.32. The Balaban J connectivity index is 1.80. The van der Waals surface area contributed by atoms with Crippen molar-refractivity contribution < 1.29 is 9.26 Å². The fraction of sp³-hybridized carbons (Fsp3) is 0.385. The lowest BCUT2D eigenvalue weighted by Gasteiger charge is -1.97. The van der Waals surface area contributed by atoms with Crippen LogP contribution in [0.5, 0.6) is 0 Å². The number of aryl methyl sites for hydroxylation is 2. The Morgan fingerprint density at radius 3 is 2.78 bits per heavy atom. The number of benzene rings is 1. The molecule has 0 fully saturated rings. The number of hydrogen-bond donors (Lipinski definition) is 1. The number of nitrogens with zero attached hydrogens (tertiary/aromatic N) is 2. The zero-order chi connectivity index (χ0) is 12.6. The number of aromatic nitrogens is 2. The van der Waals surface area contributed by atoms with Crippen LogP contribution in [0.1, 0.15) is 17.3 Å². The van der Waals surface area contributed by atoms with Crippen molar-refractivity contribution in [1.82, 2.24) is 10.1 Å². The lowest BCUT2D eigenvalue weighted by Crippen LogP contribution is -2.08. The summed E-state index contributed by atoms with van der Waals surface area (Å²) in [5.74, 6) is 1.22. The Labute approximate surface area is 106 Å². The molecule has 2 rings (SSSR count). The predicted molar refractivity (Wildman–Crippen MR) is 66.9 cm³/mol. The highest BCUT2D eigenvalue weighted by atomic mass is 16.5. The van der Waals surface area contributed by atoms with Gasteiger partial charge in [-0.05, 0) is 12.0 Å². The highest BCUT2D eigenvalue weighted by molar-refractivity contribution is 5.15. The molecule has 1 heterocycles. The average Bonchev–Trinajstić information content (AvgIpc) is 2.86. The van der Waals surface area contributed by atoms with Gasteiger partial charge in [0, 0.05) is 13.0 Å². The Bertz CT molecular complexity index is 456. The monoisotopic (exact) mass is 247 g/mol. The summed E-state index contributed by atoms with van der Waals surface area (Å²) in [5.41, 5.74) is 6.59. The maximum Gasteiger partial charge on any atom is 0.252 e. The highest BCUT2D eigenvalue weighted by Crippen LogP contribution is 2.05. The number of ether oxygens (including phenoxy) is 1. The average molecular weight is 247 g/mol. The molecular weight excluding hydrogens is 230 g/mol. The van der Waals surface area contributed by atoms with Crippen molar-refractivity contribution in [2.45, 2.75) is 19.4 Å². The van der Waals surface area contributed by atoms with Crippen molar-refractivity contribution >= 4 is 0 Å². The third kappa shape index (κ3) is 3.94. The number of hydrogen-bond acceptors (Lipinski definition) is 5. The van der Waals surface area contributed by atoms with Gasteiger partial charge in [0.2, 0.25) is 0 Å². The molecular formula is C13H17N3O2. The van der Waals surface area contributed by atoms with Crippen molar-refractivity contribution in [3.05, 3.63) is 47.6 Å². The van der Waals surface area contributed by atoms with E-state index in [0.717, 1.165) is 12.8 Å². The molecule has 2 N–H and O–H groups in total. The molecule has 0 aliphatic rings. The second-order valence-corrected chi connectivity index (χ2v) is 3.93. The van der Waals surface area contributed by atoms with Crippen LogP contribution in [0.4, 0.5) is 0 Å². The van der Waals surface area contributed by atoms with Crippen molar-refractivity contribution in [2.75, 3.05) is 13.2 Å². The number of nitrogens with two attached hydrogens (primary N) is 1. The van der Waals surface area contributed by atoms with E-state index < -0.39 is 0 Å². The molecule has 2 aromatic rings. The van der Waals surface area contributed by atoms with E-state index in [1.54, 1.807) is 0 Å². The summed E-state index contributed by atoms with van der Waals surface area (Å²) in [4.78, 5) is 4.25. The molecule has 0 radical (unpaired) electrons. The molecule has 5 heteroatoms. The smallest absolute Gasteiger partial charge is 0.252 e. The molecule has 0 saturated carbocycles. The summed E-state index contributed by atoms with van der Waals surface area (Å²) < 4.78 is 10.3. The molecule has 1 aromatic carbocycles. The van der Waals surface area contributed by atoms with Crippen molar-refractivity contribution in [3.8, 4) is 0 Å². The lowest BCUT2D eigenvalue weighted by molar-refractivity contribution is 0.104. The molecule has 0 saturated heterocycles. The van der Waals surface area contributed by atoms with E-state index in [1.807, 2.05) is 18.2 Å². The van der Waals surface area contributed by atoms with Gasteiger partial charge in [0.1, 0.15) is 6.61 Å². The van der Waals surface area contributed by atoms with Crippen LogP contribution in [0.2, 0.25) is 0 Å². The van der Waals surface area contributed by atoms with E-state index >= 15 is 0 Å². The molecule has 0 atom stereocenters. The van der Waals surface area contributed by atoms with Gasteiger partial charge in [-0.15, -0.1) is 0 Å². The second-order valence-electron chi connectivity index (χ2n) is 3.93. The molecule has 0 aliphatic heterocycles. The van der Waals surface area contributed by atoms with Crippen LogP contribution in [0, 0.1) is 0 Å². The van der Waals surface area contributed by atoms with Gasteiger partial charge < -0.3 is 15.0 Å². The van der Waals surface area contributed by atoms with E-state index in [9.17, 15) is 0 Å². The van der Waals surface area contributed by atoms with Gasteiger partial charge in [0.25, 0.3) is 5.89 Å². The first-order valence-electron chi connectivity index (χ1n) is 6.01. The SMILES string of the molecule is NCCOCc1nc(CCc2ccccc2)no1.